The number of nitrogens with one attached hydrogen (secondary N) is 1. The average Bonchev–Trinajstić information content (AvgIpc) is 2.52. The Hall–Kier alpha value is -2.50. The van der Waals surface area contributed by atoms with E-state index in [1.54, 1.807) is 19.3 Å². The summed E-state index contributed by atoms with van der Waals surface area (Å²) in [6.07, 6.45) is 3.49. The van der Waals surface area contributed by atoms with E-state index >= 15 is 0 Å². The molecule has 0 bridgehead atoms. The smallest absolute Gasteiger partial charge is 0.330 e. The van der Waals surface area contributed by atoms with Gasteiger partial charge in [0.2, 0.25) is 0 Å². The Bertz CT molecular complexity index is 539. The Kier molecular flexibility index (Phi) is 7.53. The first-order valence-corrected chi connectivity index (χ1v) is 6.85. The van der Waals surface area contributed by atoms with Gasteiger partial charge >= 0.3 is 5.97 Å². The molecule has 1 amide bonds. The van der Waals surface area contributed by atoms with Crippen LogP contribution in [-0.4, -0.2) is 39.2 Å². The first-order valence-electron chi connectivity index (χ1n) is 6.85. The van der Waals surface area contributed by atoms with Gasteiger partial charge in [0.25, 0.3) is 5.91 Å². The van der Waals surface area contributed by atoms with Crippen LogP contribution in [0, 0.1) is 6.92 Å². The molecule has 0 aromatic heterocycles. The quantitative estimate of drug-likeness (QED) is 0.449. The van der Waals surface area contributed by atoms with E-state index in [9.17, 15) is 9.59 Å². The summed E-state index contributed by atoms with van der Waals surface area (Å²) < 4.78 is 15.1. The second kappa shape index (κ2) is 9.44. The third-order valence-corrected chi connectivity index (χ3v) is 2.77. The average molecular weight is 307 g/mol. The number of carbonyl (C=O) groups is 2. The molecule has 1 aromatic rings. The van der Waals surface area contributed by atoms with Gasteiger partial charge < -0.3 is 19.5 Å². The molecule has 0 aliphatic carbocycles. The Balaban J connectivity index is 2.32. The lowest BCUT2D eigenvalue weighted by Gasteiger charge is -2.11. The number of esters is 1. The second-order valence-electron chi connectivity index (χ2n) is 4.51. The molecule has 120 valence electrons. The fourth-order valence-corrected chi connectivity index (χ4v) is 1.63. The van der Waals surface area contributed by atoms with Crippen molar-refractivity contribution in [1.29, 1.82) is 0 Å². The Morgan fingerprint density at radius 1 is 1.23 bits per heavy atom. The van der Waals surface area contributed by atoms with Crippen LogP contribution in [0.1, 0.15) is 12.0 Å². The highest BCUT2D eigenvalue weighted by molar-refractivity contribution is 5.81. The van der Waals surface area contributed by atoms with Crippen molar-refractivity contribution in [1.82, 2.24) is 5.32 Å². The summed E-state index contributed by atoms with van der Waals surface area (Å²) >= 11 is 0. The number of benzene rings is 1. The summed E-state index contributed by atoms with van der Waals surface area (Å²) in [7, 11) is 2.86. The van der Waals surface area contributed by atoms with Crippen LogP contribution in [0.5, 0.6) is 11.5 Å². The fourth-order valence-electron chi connectivity index (χ4n) is 1.63. The van der Waals surface area contributed by atoms with Crippen LogP contribution in [0.15, 0.2) is 30.4 Å². The predicted molar refractivity (Wildman–Crippen MR) is 82.0 cm³/mol. The minimum absolute atomic E-state index is 0.0971. The van der Waals surface area contributed by atoms with Gasteiger partial charge in [-0.2, -0.15) is 0 Å². The molecule has 0 unspecified atom stereocenters. The maximum atomic E-state index is 11.6. The lowest BCUT2D eigenvalue weighted by Crippen LogP contribution is -2.29. The van der Waals surface area contributed by atoms with Gasteiger partial charge in [-0.25, -0.2) is 4.79 Å². The predicted octanol–water partition coefficient (Wildman–Crippen LogP) is 1.62. The molecule has 0 aliphatic heterocycles. The molecular formula is C16H21NO5. The Morgan fingerprint density at radius 2 is 2.00 bits per heavy atom. The highest BCUT2D eigenvalue weighted by Crippen LogP contribution is 2.27. The zero-order valence-electron chi connectivity index (χ0n) is 13.0. The summed E-state index contributed by atoms with van der Waals surface area (Å²) in [5.41, 5.74) is 1.05. The third kappa shape index (κ3) is 6.30. The Morgan fingerprint density at radius 3 is 2.68 bits per heavy atom. The lowest BCUT2D eigenvalue weighted by molar-refractivity contribution is -0.134. The normalized spacial score (nSPS) is 10.3. The summed E-state index contributed by atoms with van der Waals surface area (Å²) in [5, 5.41) is 2.69. The molecule has 0 heterocycles. The number of hydrogen-bond acceptors (Lipinski definition) is 5. The molecule has 0 spiro atoms. The molecule has 1 rings (SSSR count). The van der Waals surface area contributed by atoms with Gasteiger partial charge in [-0.05, 0) is 31.0 Å². The second-order valence-corrected chi connectivity index (χ2v) is 4.51. The van der Waals surface area contributed by atoms with Gasteiger partial charge in [0.1, 0.15) is 0 Å². The van der Waals surface area contributed by atoms with Gasteiger partial charge in [-0.15, -0.1) is 0 Å². The topological polar surface area (TPSA) is 73.9 Å². The molecule has 0 radical (unpaired) electrons. The molecule has 22 heavy (non-hydrogen) atoms. The number of aryl methyl sites for hydroxylation is 1. The van der Waals surface area contributed by atoms with Crippen molar-refractivity contribution in [2.75, 3.05) is 27.4 Å². The van der Waals surface area contributed by atoms with Crippen LogP contribution in [0.25, 0.3) is 0 Å². The largest absolute Gasteiger partial charge is 0.493 e. The first-order chi connectivity index (χ1) is 10.6. The number of carbonyl (C=O) groups excluding carboxylic acids is 2. The molecule has 6 nitrogen and oxygen atoms in total. The van der Waals surface area contributed by atoms with Crippen molar-refractivity contribution < 1.29 is 23.8 Å². The van der Waals surface area contributed by atoms with Gasteiger partial charge in [0.05, 0.1) is 14.2 Å². The molecule has 0 aliphatic rings. The number of rotatable bonds is 8. The molecule has 1 aromatic carbocycles. The molecule has 0 atom stereocenters. The van der Waals surface area contributed by atoms with Crippen LogP contribution in [0.4, 0.5) is 0 Å². The molecule has 1 N–H and O–H groups in total. The summed E-state index contributed by atoms with van der Waals surface area (Å²) in [6, 6.07) is 5.48. The van der Waals surface area contributed by atoms with E-state index in [0.717, 1.165) is 5.56 Å². The molecule has 0 saturated carbocycles. The van der Waals surface area contributed by atoms with Crippen LogP contribution in [-0.2, 0) is 14.3 Å². The summed E-state index contributed by atoms with van der Waals surface area (Å²) in [5.74, 6) is 0.456. The minimum atomic E-state index is -0.416. The van der Waals surface area contributed by atoms with E-state index in [4.69, 9.17) is 9.47 Å². The van der Waals surface area contributed by atoms with Gasteiger partial charge in [-0.3, -0.25) is 4.79 Å². The molecule has 6 heteroatoms. The van der Waals surface area contributed by atoms with E-state index in [2.05, 4.69) is 10.1 Å². The number of amides is 1. The SMILES string of the molecule is COC(=O)/C=C/CCNC(=O)COc1ccc(C)cc1OC. The monoisotopic (exact) mass is 307 g/mol. The van der Waals surface area contributed by atoms with Gasteiger partial charge in [-0.1, -0.05) is 12.1 Å². The van der Waals surface area contributed by atoms with Crippen molar-refractivity contribution in [3.8, 4) is 11.5 Å². The van der Waals surface area contributed by atoms with E-state index in [1.807, 2.05) is 19.1 Å². The highest BCUT2D eigenvalue weighted by Gasteiger charge is 2.07. The Labute approximate surface area is 130 Å². The fraction of sp³-hybridized carbons (Fsp3) is 0.375. The summed E-state index contributed by atoms with van der Waals surface area (Å²) in [4.78, 5) is 22.5. The first kappa shape index (κ1) is 17.6. The van der Waals surface area contributed by atoms with Crippen molar-refractivity contribution in [2.45, 2.75) is 13.3 Å². The van der Waals surface area contributed by atoms with Crippen molar-refractivity contribution in [3.63, 3.8) is 0 Å². The van der Waals surface area contributed by atoms with Gasteiger partial charge in [0, 0.05) is 12.6 Å². The zero-order chi connectivity index (χ0) is 16.4. The van der Waals surface area contributed by atoms with Crippen molar-refractivity contribution >= 4 is 11.9 Å². The van der Waals surface area contributed by atoms with Crippen LogP contribution in [0.2, 0.25) is 0 Å². The standard InChI is InChI=1S/C16H21NO5/c1-12-7-8-13(14(10-12)20-2)22-11-15(18)17-9-5-4-6-16(19)21-3/h4,6-8,10H,5,9,11H2,1-3H3,(H,17,18)/b6-4+. The molecule has 0 saturated heterocycles. The number of ether oxygens (including phenoxy) is 3. The van der Waals surface area contributed by atoms with E-state index in [1.165, 1.54) is 13.2 Å². The lowest BCUT2D eigenvalue weighted by atomic mass is 10.2. The van der Waals surface area contributed by atoms with Crippen LogP contribution < -0.4 is 14.8 Å². The molecule has 0 fully saturated rings. The third-order valence-electron chi connectivity index (χ3n) is 2.77. The van der Waals surface area contributed by atoms with E-state index in [-0.39, 0.29) is 12.5 Å². The van der Waals surface area contributed by atoms with Gasteiger partial charge in [0.15, 0.2) is 18.1 Å². The highest BCUT2D eigenvalue weighted by atomic mass is 16.5. The number of methoxy groups -OCH3 is 2. The maximum Gasteiger partial charge on any atom is 0.330 e. The van der Waals surface area contributed by atoms with Crippen molar-refractivity contribution in [3.05, 3.63) is 35.9 Å². The maximum absolute atomic E-state index is 11.6. The number of hydrogen-bond donors (Lipinski definition) is 1. The van der Waals surface area contributed by atoms with Crippen LogP contribution in [0.3, 0.4) is 0 Å². The minimum Gasteiger partial charge on any atom is -0.493 e. The summed E-state index contributed by atoms with van der Waals surface area (Å²) in [6.45, 7) is 2.27. The van der Waals surface area contributed by atoms with Crippen LogP contribution >= 0.6 is 0 Å². The molecular weight excluding hydrogens is 286 g/mol. The zero-order valence-corrected chi connectivity index (χ0v) is 13.0. The van der Waals surface area contributed by atoms with E-state index in [0.29, 0.717) is 24.5 Å². The van der Waals surface area contributed by atoms with E-state index < -0.39 is 5.97 Å². The van der Waals surface area contributed by atoms with Crippen molar-refractivity contribution in [2.24, 2.45) is 0 Å².